The molecule has 2 bridgehead atoms. The Balaban J connectivity index is 1.51. The quantitative estimate of drug-likeness (QED) is 0.112. The van der Waals surface area contributed by atoms with Crippen LogP contribution in [0.1, 0.15) is 35.6 Å². The molecule has 6 rings (SSSR count). The summed E-state index contributed by atoms with van der Waals surface area (Å²) in [5.74, 6) is 1.40. The number of alkyl halides is 6. The largest absolute Gasteiger partial charge is 0.497 e. The molecule has 6 atom stereocenters. The first kappa shape index (κ1) is 29.5. The van der Waals surface area contributed by atoms with E-state index in [2.05, 4.69) is 39.7 Å². The number of ether oxygens (including phenoxy) is 1. The minimum atomic E-state index is -4.95. The lowest BCUT2D eigenvalue weighted by molar-refractivity contribution is -0.143. The Labute approximate surface area is 239 Å². The second-order valence-electron chi connectivity index (χ2n) is 10.5. The maximum absolute atomic E-state index is 13.4. The van der Waals surface area contributed by atoms with E-state index < -0.39 is 29.0 Å². The predicted molar refractivity (Wildman–Crippen MR) is 149 cm³/mol. The number of rotatable bonds is 8. The first-order valence-electron chi connectivity index (χ1n) is 13.2. The zero-order chi connectivity index (χ0) is 29.5. The van der Waals surface area contributed by atoms with Gasteiger partial charge in [0.05, 0.1) is 29.8 Å². The van der Waals surface area contributed by atoms with Crippen molar-refractivity contribution >= 4 is 29.2 Å². The van der Waals surface area contributed by atoms with Gasteiger partial charge in [-0.25, -0.2) is 0 Å². The summed E-state index contributed by atoms with van der Waals surface area (Å²) in [7, 11) is 1.56. The molecule has 3 aliphatic heterocycles. The number of benzene rings is 2. The smallest absolute Gasteiger partial charge is 0.416 e. The fourth-order valence-corrected chi connectivity index (χ4v) is 6.39. The molecule has 220 valence electrons. The minimum absolute atomic E-state index is 0.00885. The summed E-state index contributed by atoms with van der Waals surface area (Å²) in [5, 5.41) is 6.91. The molecule has 5 nitrogen and oxygen atoms in total. The lowest BCUT2D eigenvalue weighted by Gasteiger charge is -2.52. The van der Waals surface area contributed by atoms with Gasteiger partial charge in [0.1, 0.15) is 11.2 Å². The van der Waals surface area contributed by atoms with Crippen molar-refractivity contribution in [3.63, 3.8) is 0 Å². The maximum Gasteiger partial charge on any atom is 0.416 e. The van der Waals surface area contributed by atoms with Gasteiger partial charge in [0.25, 0.3) is 0 Å². The molecule has 2 aromatic carbocycles. The van der Waals surface area contributed by atoms with Crippen LogP contribution in [-0.2, 0) is 12.4 Å². The van der Waals surface area contributed by atoms with Crippen molar-refractivity contribution in [2.75, 3.05) is 25.5 Å². The fraction of sp³-hybridized carbons (Fsp3) is 0.414. The van der Waals surface area contributed by atoms with Crippen LogP contribution in [0.2, 0.25) is 0 Å². The summed E-state index contributed by atoms with van der Waals surface area (Å²) in [4.78, 5) is 6.84. The standard InChI is InChI=1S/C29H30F6N4OS/c1-3-16-15-39-9-7-17(16)10-25(39)26(22-6-8-36-24-5-4-21(40-2)14-23(22)24)38-27(41)37-20-12-18(28(30,31)32)11-19(13-20)29(33,34)35/h3-6,8,11-14,16-17,25-27,37-38,41H,1,7,9-10,15H2,2H3. The Morgan fingerprint density at radius 3 is 2.37 bits per heavy atom. The van der Waals surface area contributed by atoms with E-state index in [1.54, 1.807) is 19.4 Å². The zero-order valence-electron chi connectivity index (χ0n) is 22.1. The van der Waals surface area contributed by atoms with Crippen molar-refractivity contribution in [2.24, 2.45) is 11.8 Å². The third-order valence-corrected chi connectivity index (χ3v) is 8.36. The lowest BCUT2D eigenvalue weighted by Crippen LogP contribution is -2.58. The molecule has 3 saturated heterocycles. The van der Waals surface area contributed by atoms with Crippen LogP contribution in [0.25, 0.3) is 10.9 Å². The van der Waals surface area contributed by atoms with Gasteiger partial charge in [-0.05, 0) is 79.3 Å². The number of anilines is 1. The Hall–Kier alpha value is -2.96. The zero-order valence-corrected chi connectivity index (χ0v) is 23.0. The normalized spacial score (nSPS) is 24.2. The number of nitrogens with zero attached hydrogens (tertiary/aromatic N) is 2. The number of thiol groups is 1. The van der Waals surface area contributed by atoms with Crippen LogP contribution in [0.3, 0.4) is 0 Å². The Bertz CT molecular complexity index is 1380. The van der Waals surface area contributed by atoms with Crippen molar-refractivity contribution in [1.82, 2.24) is 15.2 Å². The molecule has 0 aliphatic carbocycles. The first-order chi connectivity index (χ1) is 19.4. The van der Waals surface area contributed by atoms with Crippen LogP contribution in [0.5, 0.6) is 5.75 Å². The van der Waals surface area contributed by atoms with Crippen LogP contribution in [0.4, 0.5) is 32.0 Å². The second-order valence-corrected chi connectivity index (χ2v) is 11.0. The van der Waals surface area contributed by atoms with Gasteiger partial charge >= 0.3 is 12.4 Å². The minimum Gasteiger partial charge on any atom is -0.497 e. The molecule has 3 aliphatic rings. The fourth-order valence-electron chi connectivity index (χ4n) is 6.08. The van der Waals surface area contributed by atoms with Crippen LogP contribution in [0.15, 0.2) is 61.3 Å². The highest BCUT2D eigenvalue weighted by molar-refractivity contribution is 7.81. The summed E-state index contributed by atoms with van der Waals surface area (Å²) >= 11 is 4.54. The van der Waals surface area contributed by atoms with E-state index in [1.165, 1.54) is 0 Å². The highest BCUT2D eigenvalue weighted by Gasteiger charge is 2.43. The monoisotopic (exact) mass is 596 g/mol. The van der Waals surface area contributed by atoms with Gasteiger partial charge < -0.3 is 10.1 Å². The molecular weight excluding hydrogens is 566 g/mol. The first-order valence-corrected chi connectivity index (χ1v) is 13.7. The molecular formula is C29H30F6N4OS. The molecule has 2 N–H and O–H groups in total. The van der Waals surface area contributed by atoms with Gasteiger partial charge in [0, 0.05) is 29.9 Å². The second kappa shape index (κ2) is 11.4. The molecule has 0 saturated carbocycles. The molecule has 6 unspecified atom stereocenters. The average molecular weight is 597 g/mol. The summed E-state index contributed by atoms with van der Waals surface area (Å²) < 4.78 is 86.1. The van der Waals surface area contributed by atoms with Gasteiger partial charge in [-0.1, -0.05) is 6.08 Å². The van der Waals surface area contributed by atoms with E-state index in [-0.39, 0.29) is 23.8 Å². The maximum atomic E-state index is 13.4. The van der Waals surface area contributed by atoms with E-state index in [9.17, 15) is 26.3 Å². The van der Waals surface area contributed by atoms with Crippen molar-refractivity contribution in [3.05, 3.63) is 78.0 Å². The van der Waals surface area contributed by atoms with Gasteiger partial charge in [-0.2, -0.15) is 26.3 Å². The van der Waals surface area contributed by atoms with E-state index >= 15 is 0 Å². The summed E-state index contributed by atoms with van der Waals surface area (Å²) in [6.45, 7) is 5.68. The molecule has 3 fully saturated rings. The molecule has 0 amide bonds. The Kier molecular flexibility index (Phi) is 8.19. The summed E-state index contributed by atoms with van der Waals surface area (Å²) in [6, 6.07) is 8.41. The Morgan fingerprint density at radius 1 is 1.07 bits per heavy atom. The van der Waals surface area contributed by atoms with Gasteiger partial charge in [0.2, 0.25) is 0 Å². The van der Waals surface area contributed by atoms with Crippen LogP contribution >= 0.6 is 12.6 Å². The van der Waals surface area contributed by atoms with E-state index in [0.717, 1.165) is 42.4 Å². The van der Waals surface area contributed by atoms with Crippen LogP contribution in [-0.4, -0.2) is 41.6 Å². The number of hydrogen-bond donors (Lipinski definition) is 3. The topological polar surface area (TPSA) is 49.4 Å². The molecule has 0 spiro atoms. The Morgan fingerprint density at radius 2 is 1.78 bits per heavy atom. The van der Waals surface area contributed by atoms with Crippen LogP contribution < -0.4 is 15.4 Å². The summed E-state index contributed by atoms with van der Waals surface area (Å²) in [6.07, 6.45) is -4.37. The number of piperidine rings is 3. The molecule has 4 heterocycles. The van der Waals surface area contributed by atoms with E-state index in [0.29, 0.717) is 29.7 Å². The number of pyridine rings is 1. The highest BCUT2D eigenvalue weighted by atomic mass is 32.1. The van der Waals surface area contributed by atoms with E-state index in [4.69, 9.17) is 4.74 Å². The number of fused-ring (bicyclic) bond motifs is 4. The molecule has 1 aromatic heterocycles. The molecule has 0 radical (unpaired) electrons. The van der Waals surface area contributed by atoms with Crippen molar-refractivity contribution < 1.29 is 31.1 Å². The average Bonchev–Trinajstić information content (AvgIpc) is 2.94. The number of aromatic nitrogens is 1. The number of halogens is 6. The van der Waals surface area contributed by atoms with Crippen molar-refractivity contribution in [2.45, 2.75) is 42.8 Å². The number of methoxy groups -OCH3 is 1. The lowest BCUT2D eigenvalue weighted by atomic mass is 9.73. The molecule has 12 heteroatoms. The van der Waals surface area contributed by atoms with Crippen LogP contribution in [0, 0.1) is 11.8 Å². The summed E-state index contributed by atoms with van der Waals surface area (Å²) in [5.41, 5.74) is -2.53. The van der Waals surface area contributed by atoms with E-state index in [1.807, 2.05) is 24.3 Å². The molecule has 3 aromatic rings. The third kappa shape index (κ3) is 6.29. The predicted octanol–water partition coefficient (Wildman–Crippen LogP) is 7.13. The highest BCUT2D eigenvalue weighted by Crippen LogP contribution is 2.43. The van der Waals surface area contributed by atoms with Crippen molar-refractivity contribution in [3.8, 4) is 5.75 Å². The van der Waals surface area contributed by atoms with Gasteiger partial charge in [-0.15, -0.1) is 19.2 Å². The third-order valence-electron chi connectivity index (χ3n) is 8.08. The van der Waals surface area contributed by atoms with Gasteiger partial charge in [0.15, 0.2) is 0 Å². The number of nitrogens with one attached hydrogen (secondary N) is 2. The van der Waals surface area contributed by atoms with Gasteiger partial charge in [-0.3, -0.25) is 15.2 Å². The SMILES string of the molecule is C=CC1CN2CCC1CC2C(NC(S)Nc1cc(C(F)(F)F)cc(C(F)(F)F)c1)c1ccnc2ccc(OC)cc12. The molecule has 41 heavy (non-hydrogen) atoms. The number of hydrogen-bond acceptors (Lipinski definition) is 6. The van der Waals surface area contributed by atoms with Crippen molar-refractivity contribution in [1.29, 1.82) is 0 Å².